The summed E-state index contributed by atoms with van der Waals surface area (Å²) in [6, 6.07) is 17.2. The van der Waals surface area contributed by atoms with E-state index in [9.17, 15) is 14.4 Å². The SMILES string of the molecule is CC(=O)OC(=O)[C@@H]1CNCCN1C(=O)N(c1ccccc1)c1ccccc1. The van der Waals surface area contributed by atoms with E-state index in [-0.39, 0.29) is 12.6 Å². The molecule has 140 valence electrons. The maximum Gasteiger partial charge on any atom is 0.337 e. The number of ether oxygens (including phenoxy) is 1. The summed E-state index contributed by atoms with van der Waals surface area (Å²) in [6.07, 6.45) is 0. The van der Waals surface area contributed by atoms with Gasteiger partial charge in [0.25, 0.3) is 0 Å². The van der Waals surface area contributed by atoms with E-state index >= 15 is 0 Å². The van der Waals surface area contributed by atoms with Gasteiger partial charge >= 0.3 is 18.0 Å². The lowest BCUT2D eigenvalue weighted by molar-refractivity contribution is -0.161. The first-order valence-corrected chi connectivity index (χ1v) is 8.71. The number of benzene rings is 2. The molecule has 2 amide bonds. The lowest BCUT2D eigenvalue weighted by Crippen LogP contribution is -2.60. The molecule has 1 saturated heterocycles. The first kappa shape index (κ1) is 18.6. The zero-order chi connectivity index (χ0) is 19.2. The number of urea groups is 1. The average Bonchev–Trinajstić information content (AvgIpc) is 2.69. The fourth-order valence-corrected chi connectivity index (χ4v) is 3.01. The normalized spacial score (nSPS) is 16.5. The second kappa shape index (κ2) is 8.46. The van der Waals surface area contributed by atoms with Gasteiger partial charge in [0.1, 0.15) is 6.04 Å². The maximum atomic E-state index is 13.4. The molecular weight excluding hydrogens is 346 g/mol. The number of rotatable bonds is 3. The van der Waals surface area contributed by atoms with Crippen molar-refractivity contribution in [3.63, 3.8) is 0 Å². The molecule has 7 heteroatoms. The summed E-state index contributed by atoms with van der Waals surface area (Å²) in [4.78, 5) is 39.9. The number of carbonyl (C=O) groups is 3. The molecule has 1 atom stereocenters. The molecule has 1 heterocycles. The molecule has 1 aliphatic rings. The van der Waals surface area contributed by atoms with Crippen LogP contribution in [0.1, 0.15) is 6.92 Å². The van der Waals surface area contributed by atoms with E-state index in [2.05, 4.69) is 5.32 Å². The Morgan fingerprint density at radius 2 is 1.56 bits per heavy atom. The number of piperazine rings is 1. The predicted octanol–water partition coefficient (Wildman–Crippen LogP) is 2.31. The fraction of sp³-hybridized carbons (Fsp3) is 0.250. The van der Waals surface area contributed by atoms with Gasteiger partial charge in [-0.3, -0.25) is 9.69 Å². The van der Waals surface area contributed by atoms with E-state index in [1.54, 1.807) is 4.90 Å². The molecular formula is C20H21N3O4. The first-order valence-electron chi connectivity index (χ1n) is 8.71. The van der Waals surface area contributed by atoms with Crippen molar-refractivity contribution in [3.05, 3.63) is 60.7 Å². The van der Waals surface area contributed by atoms with Crippen LogP contribution < -0.4 is 10.2 Å². The molecule has 1 fully saturated rings. The first-order chi connectivity index (χ1) is 13.1. The summed E-state index contributed by atoms with van der Waals surface area (Å²) in [5.41, 5.74) is 1.37. The minimum Gasteiger partial charge on any atom is -0.392 e. The molecule has 0 radical (unpaired) electrons. The molecule has 3 rings (SSSR count). The van der Waals surface area contributed by atoms with Crippen molar-refractivity contribution in [2.45, 2.75) is 13.0 Å². The van der Waals surface area contributed by atoms with Crippen LogP contribution in [-0.2, 0) is 14.3 Å². The number of hydrogen-bond donors (Lipinski definition) is 1. The summed E-state index contributed by atoms with van der Waals surface area (Å²) < 4.78 is 4.73. The maximum absolute atomic E-state index is 13.4. The molecule has 0 aromatic heterocycles. The summed E-state index contributed by atoms with van der Waals surface area (Å²) in [5.74, 6) is -1.43. The Morgan fingerprint density at radius 3 is 2.07 bits per heavy atom. The van der Waals surface area contributed by atoms with E-state index in [1.165, 1.54) is 11.8 Å². The van der Waals surface area contributed by atoms with Crippen molar-refractivity contribution >= 4 is 29.3 Å². The topological polar surface area (TPSA) is 79.0 Å². The standard InChI is InChI=1S/C20H21N3O4/c1-15(24)27-19(25)18-14-21-12-13-22(18)20(26)23(16-8-4-2-5-9-16)17-10-6-3-7-11-17/h2-11,18,21H,12-14H2,1H3/t18-/m0/s1. The summed E-state index contributed by atoms with van der Waals surface area (Å²) in [5, 5.41) is 3.07. The number of para-hydroxylation sites is 2. The van der Waals surface area contributed by atoms with Gasteiger partial charge in [-0.05, 0) is 24.3 Å². The number of nitrogens with one attached hydrogen (secondary N) is 1. The molecule has 0 unspecified atom stereocenters. The van der Waals surface area contributed by atoms with Crippen molar-refractivity contribution < 1.29 is 19.1 Å². The summed E-state index contributed by atoms with van der Waals surface area (Å²) >= 11 is 0. The van der Waals surface area contributed by atoms with Crippen LogP contribution in [0.3, 0.4) is 0 Å². The Kier molecular flexibility index (Phi) is 5.83. The highest BCUT2D eigenvalue weighted by Crippen LogP contribution is 2.27. The fourth-order valence-electron chi connectivity index (χ4n) is 3.01. The van der Waals surface area contributed by atoms with Crippen molar-refractivity contribution in [1.29, 1.82) is 0 Å². The van der Waals surface area contributed by atoms with E-state index in [4.69, 9.17) is 4.74 Å². The van der Waals surface area contributed by atoms with Gasteiger partial charge in [-0.1, -0.05) is 36.4 Å². The van der Waals surface area contributed by atoms with Crippen LogP contribution >= 0.6 is 0 Å². The molecule has 1 aliphatic heterocycles. The van der Waals surface area contributed by atoms with Gasteiger partial charge in [-0.15, -0.1) is 0 Å². The Bertz CT molecular complexity index is 771. The highest BCUT2D eigenvalue weighted by Gasteiger charge is 2.37. The summed E-state index contributed by atoms with van der Waals surface area (Å²) in [6.45, 7) is 2.27. The van der Waals surface area contributed by atoms with Gasteiger partial charge in [0, 0.05) is 26.6 Å². The third-order valence-corrected chi connectivity index (χ3v) is 4.23. The van der Waals surface area contributed by atoms with Gasteiger partial charge in [-0.25, -0.2) is 9.59 Å². The van der Waals surface area contributed by atoms with Crippen LogP contribution in [-0.4, -0.2) is 48.5 Å². The van der Waals surface area contributed by atoms with Crippen LogP contribution in [0.2, 0.25) is 0 Å². The van der Waals surface area contributed by atoms with E-state index in [1.807, 2.05) is 60.7 Å². The third-order valence-electron chi connectivity index (χ3n) is 4.23. The Hall–Kier alpha value is -3.19. The van der Waals surface area contributed by atoms with E-state index in [0.717, 1.165) is 0 Å². The highest BCUT2D eigenvalue weighted by molar-refractivity contribution is 6.01. The van der Waals surface area contributed by atoms with E-state index in [0.29, 0.717) is 24.5 Å². The zero-order valence-electron chi connectivity index (χ0n) is 15.0. The molecule has 0 aliphatic carbocycles. The molecule has 0 saturated carbocycles. The Morgan fingerprint density at radius 1 is 1.00 bits per heavy atom. The van der Waals surface area contributed by atoms with Crippen molar-refractivity contribution in [2.75, 3.05) is 24.5 Å². The van der Waals surface area contributed by atoms with Gasteiger partial charge in [0.15, 0.2) is 0 Å². The zero-order valence-corrected chi connectivity index (χ0v) is 15.0. The summed E-state index contributed by atoms with van der Waals surface area (Å²) in [7, 11) is 0. The number of nitrogens with zero attached hydrogens (tertiary/aromatic N) is 2. The van der Waals surface area contributed by atoms with Gasteiger partial charge in [0.2, 0.25) is 0 Å². The number of hydrogen-bond acceptors (Lipinski definition) is 5. The number of amides is 2. The predicted molar refractivity (Wildman–Crippen MR) is 101 cm³/mol. The quantitative estimate of drug-likeness (QED) is 0.665. The molecule has 0 spiro atoms. The van der Waals surface area contributed by atoms with Crippen LogP contribution in [0, 0.1) is 0 Å². The minimum atomic E-state index is -0.870. The van der Waals surface area contributed by atoms with Crippen LogP contribution in [0.5, 0.6) is 0 Å². The Balaban J connectivity index is 1.95. The minimum absolute atomic E-state index is 0.231. The number of anilines is 2. The molecule has 2 aromatic carbocycles. The molecule has 0 bridgehead atoms. The van der Waals surface area contributed by atoms with Gasteiger partial charge in [-0.2, -0.15) is 0 Å². The molecule has 7 nitrogen and oxygen atoms in total. The van der Waals surface area contributed by atoms with Gasteiger partial charge in [0.05, 0.1) is 11.4 Å². The second-order valence-corrected chi connectivity index (χ2v) is 6.12. The van der Waals surface area contributed by atoms with Crippen LogP contribution in [0.15, 0.2) is 60.7 Å². The average molecular weight is 367 g/mol. The van der Waals surface area contributed by atoms with Crippen molar-refractivity contribution in [1.82, 2.24) is 10.2 Å². The lowest BCUT2D eigenvalue weighted by atomic mass is 10.2. The highest BCUT2D eigenvalue weighted by atomic mass is 16.6. The molecule has 27 heavy (non-hydrogen) atoms. The smallest absolute Gasteiger partial charge is 0.337 e. The molecule has 1 N–H and O–H groups in total. The third kappa shape index (κ3) is 4.32. The monoisotopic (exact) mass is 367 g/mol. The Labute approximate surface area is 157 Å². The van der Waals surface area contributed by atoms with Crippen LogP contribution in [0.4, 0.5) is 16.2 Å². The second-order valence-electron chi connectivity index (χ2n) is 6.12. The van der Waals surface area contributed by atoms with Crippen LogP contribution in [0.25, 0.3) is 0 Å². The molecule has 2 aromatic rings. The largest absolute Gasteiger partial charge is 0.392 e. The van der Waals surface area contributed by atoms with Crippen molar-refractivity contribution in [2.24, 2.45) is 0 Å². The van der Waals surface area contributed by atoms with E-state index < -0.39 is 18.0 Å². The number of esters is 2. The van der Waals surface area contributed by atoms with Crippen molar-refractivity contribution in [3.8, 4) is 0 Å². The lowest BCUT2D eigenvalue weighted by Gasteiger charge is -2.37. The number of carbonyl (C=O) groups excluding carboxylic acids is 3. The van der Waals surface area contributed by atoms with Gasteiger partial charge < -0.3 is 15.0 Å².